The predicted molar refractivity (Wildman–Crippen MR) is 69.3 cm³/mol. The van der Waals surface area contributed by atoms with Crippen molar-refractivity contribution < 1.29 is 22.3 Å². The molecule has 0 radical (unpaired) electrons. The van der Waals surface area contributed by atoms with Crippen molar-refractivity contribution in [2.24, 2.45) is 0 Å². The molecule has 5 nitrogen and oxygen atoms in total. The second kappa shape index (κ2) is 7.42. The molecule has 7 heteroatoms. The van der Waals surface area contributed by atoms with Crippen LogP contribution in [0.2, 0.25) is 0 Å². The zero-order valence-electron chi connectivity index (χ0n) is 11.0. The van der Waals surface area contributed by atoms with Gasteiger partial charge < -0.3 is 9.47 Å². The number of ether oxygens (including phenoxy) is 2. The highest BCUT2D eigenvalue weighted by Gasteiger charge is 2.16. The smallest absolute Gasteiger partial charge is 0.240 e. The Balaban J connectivity index is 2.75. The van der Waals surface area contributed by atoms with E-state index in [4.69, 9.17) is 9.47 Å². The summed E-state index contributed by atoms with van der Waals surface area (Å²) in [4.78, 5) is -0.120. The lowest BCUT2D eigenvalue weighted by molar-refractivity contribution is 0.196. The van der Waals surface area contributed by atoms with Crippen LogP contribution in [0, 0.1) is 5.82 Å². The van der Waals surface area contributed by atoms with E-state index in [2.05, 4.69) is 4.72 Å². The van der Waals surface area contributed by atoms with Crippen LogP contribution < -0.4 is 9.46 Å². The van der Waals surface area contributed by atoms with Gasteiger partial charge in [0, 0.05) is 20.3 Å². The van der Waals surface area contributed by atoms with Crippen LogP contribution in [0.4, 0.5) is 4.39 Å². The fourth-order valence-electron chi connectivity index (χ4n) is 1.43. The summed E-state index contributed by atoms with van der Waals surface area (Å²) < 4.78 is 49.5. The minimum atomic E-state index is -3.70. The molecule has 108 valence electrons. The van der Waals surface area contributed by atoms with Crippen molar-refractivity contribution in [3.05, 3.63) is 24.0 Å². The van der Waals surface area contributed by atoms with Gasteiger partial charge in [-0.05, 0) is 31.5 Å². The monoisotopic (exact) mass is 291 g/mol. The zero-order valence-corrected chi connectivity index (χ0v) is 11.8. The summed E-state index contributed by atoms with van der Waals surface area (Å²) in [7, 11) is -2.16. The van der Waals surface area contributed by atoms with Gasteiger partial charge in [0.05, 0.1) is 11.5 Å². The summed E-state index contributed by atoms with van der Waals surface area (Å²) in [5, 5.41) is 0. The van der Waals surface area contributed by atoms with Crippen molar-refractivity contribution in [1.29, 1.82) is 0 Å². The molecule has 1 rings (SSSR count). The van der Waals surface area contributed by atoms with E-state index in [1.807, 2.05) is 0 Å². The van der Waals surface area contributed by atoms with Crippen LogP contribution >= 0.6 is 0 Å². The minimum absolute atomic E-state index is 0.0424. The molecular formula is C12H18FNO4S. The van der Waals surface area contributed by atoms with Crippen LogP contribution in [0.15, 0.2) is 23.1 Å². The minimum Gasteiger partial charge on any atom is -0.491 e. The molecule has 0 unspecified atom stereocenters. The van der Waals surface area contributed by atoms with Crippen molar-refractivity contribution in [3.8, 4) is 5.75 Å². The lowest BCUT2D eigenvalue weighted by Crippen LogP contribution is -2.25. The maximum absolute atomic E-state index is 13.6. The highest BCUT2D eigenvalue weighted by Crippen LogP contribution is 2.20. The number of halogens is 1. The second-order valence-corrected chi connectivity index (χ2v) is 5.54. The van der Waals surface area contributed by atoms with E-state index >= 15 is 0 Å². The topological polar surface area (TPSA) is 64.6 Å². The van der Waals surface area contributed by atoms with Gasteiger partial charge in [-0.2, -0.15) is 0 Å². The van der Waals surface area contributed by atoms with E-state index in [1.54, 1.807) is 6.92 Å². The molecule has 0 fully saturated rings. The Kier molecular flexibility index (Phi) is 6.20. The van der Waals surface area contributed by atoms with Gasteiger partial charge in [0.25, 0.3) is 0 Å². The molecule has 0 saturated carbocycles. The summed E-state index contributed by atoms with van der Waals surface area (Å²) in [6.07, 6.45) is 0.551. The first kappa shape index (κ1) is 15.9. The van der Waals surface area contributed by atoms with Gasteiger partial charge in [0.2, 0.25) is 10.0 Å². The molecular weight excluding hydrogens is 273 g/mol. The molecule has 0 atom stereocenters. The first-order chi connectivity index (χ1) is 9.01. The van der Waals surface area contributed by atoms with Crippen molar-refractivity contribution in [2.45, 2.75) is 18.2 Å². The van der Waals surface area contributed by atoms with Crippen molar-refractivity contribution in [1.82, 2.24) is 4.72 Å². The van der Waals surface area contributed by atoms with E-state index < -0.39 is 15.8 Å². The highest BCUT2D eigenvalue weighted by molar-refractivity contribution is 7.89. The normalized spacial score (nSPS) is 11.5. The van der Waals surface area contributed by atoms with Gasteiger partial charge in [-0.15, -0.1) is 0 Å². The molecule has 0 saturated heterocycles. The fourth-order valence-corrected chi connectivity index (χ4v) is 2.51. The van der Waals surface area contributed by atoms with Gasteiger partial charge in [0.1, 0.15) is 0 Å². The van der Waals surface area contributed by atoms with Crippen LogP contribution in [0.1, 0.15) is 13.3 Å². The molecule has 0 aliphatic rings. The molecule has 0 aliphatic carbocycles. The largest absolute Gasteiger partial charge is 0.491 e. The molecule has 19 heavy (non-hydrogen) atoms. The Bertz CT molecular complexity index is 504. The fraction of sp³-hybridized carbons (Fsp3) is 0.500. The molecule has 0 aliphatic heterocycles. The first-order valence-corrected chi connectivity index (χ1v) is 7.40. The van der Waals surface area contributed by atoms with Crippen molar-refractivity contribution >= 4 is 10.0 Å². The maximum Gasteiger partial charge on any atom is 0.240 e. The molecule has 0 spiro atoms. The van der Waals surface area contributed by atoms with E-state index in [0.717, 1.165) is 6.07 Å². The number of benzene rings is 1. The third-order valence-electron chi connectivity index (χ3n) is 2.33. The molecule has 0 aromatic heterocycles. The van der Waals surface area contributed by atoms with Crippen molar-refractivity contribution in [3.63, 3.8) is 0 Å². The van der Waals surface area contributed by atoms with Crippen LogP contribution in [0.3, 0.4) is 0 Å². The van der Waals surface area contributed by atoms with Crippen LogP contribution in [-0.2, 0) is 14.8 Å². The van der Waals surface area contributed by atoms with Gasteiger partial charge in [-0.25, -0.2) is 17.5 Å². The molecule has 0 amide bonds. The Morgan fingerprint density at radius 3 is 2.68 bits per heavy atom. The van der Waals surface area contributed by atoms with Crippen LogP contribution in [-0.4, -0.2) is 35.3 Å². The maximum atomic E-state index is 13.6. The van der Waals surface area contributed by atoms with Crippen LogP contribution in [0.25, 0.3) is 0 Å². The Morgan fingerprint density at radius 1 is 1.37 bits per heavy atom. The van der Waals surface area contributed by atoms with E-state index in [1.165, 1.54) is 19.2 Å². The Hall–Kier alpha value is -1.18. The van der Waals surface area contributed by atoms with Gasteiger partial charge in [-0.3, -0.25) is 0 Å². The third kappa shape index (κ3) is 4.77. The number of rotatable bonds is 8. The average molecular weight is 291 g/mol. The predicted octanol–water partition coefficient (Wildman–Crippen LogP) is 1.54. The summed E-state index contributed by atoms with van der Waals surface area (Å²) >= 11 is 0. The zero-order chi connectivity index (χ0) is 14.3. The molecule has 1 N–H and O–H groups in total. The van der Waals surface area contributed by atoms with Gasteiger partial charge in [-0.1, -0.05) is 0 Å². The number of sulfonamides is 1. The Morgan fingerprint density at radius 2 is 2.11 bits per heavy atom. The van der Waals surface area contributed by atoms with E-state index in [0.29, 0.717) is 19.6 Å². The summed E-state index contributed by atoms with van der Waals surface area (Å²) in [6.45, 7) is 2.74. The average Bonchev–Trinajstić information content (AvgIpc) is 2.37. The number of hydrogen-bond acceptors (Lipinski definition) is 4. The van der Waals surface area contributed by atoms with E-state index in [-0.39, 0.29) is 17.2 Å². The molecule has 1 aromatic rings. The lowest BCUT2D eigenvalue weighted by atomic mass is 10.3. The molecule has 0 heterocycles. The van der Waals surface area contributed by atoms with Gasteiger partial charge in [0.15, 0.2) is 11.6 Å². The highest BCUT2D eigenvalue weighted by atomic mass is 32.2. The number of nitrogens with one attached hydrogen (secondary N) is 1. The standard InChI is InChI=1S/C12H18FNO4S/c1-3-18-12-6-5-10(9-11(12)13)19(15,16)14-7-4-8-17-2/h5-6,9,14H,3-4,7-8H2,1-2H3. The quantitative estimate of drug-likeness (QED) is 0.738. The van der Waals surface area contributed by atoms with Crippen molar-refractivity contribution in [2.75, 3.05) is 26.9 Å². The van der Waals surface area contributed by atoms with Crippen LogP contribution in [0.5, 0.6) is 5.75 Å². The van der Waals surface area contributed by atoms with Gasteiger partial charge >= 0.3 is 0 Å². The molecule has 0 bridgehead atoms. The molecule has 1 aromatic carbocycles. The third-order valence-corrected chi connectivity index (χ3v) is 3.79. The Labute approximate surface area is 112 Å². The second-order valence-electron chi connectivity index (χ2n) is 3.77. The van der Waals surface area contributed by atoms with E-state index in [9.17, 15) is 12.8 Å². The summed E-state index contributed by atoms with van der Waals surface area (Å²) in [5.74, 6) is -0.651. The first-order valence-electron chi connectivity index (χ1n) is 5.92. The summed E-state index contributed by atoms with van der Waals surface area (Å²) in [5.41, 5.74) is 0. The summed E-state index contributed by atoms with van der Waals surface area (Å²) in [6, 6.07) is 3.57. The lowest BCUT2D eigenvalue weighted by Gasteiger charge is -2.09. The number of methoxy groups -OCH3 is 1. The SMILES string of the molecule is CCOc1ccc(S(=O)(=O)NCCCOC)cc1F. The number of hydrogen-bond donors (Lipinski definition) is 1.